The molecule has 0 aliphatic carbocycles. The lowest BCUT2D eigenvalue weighted by Gasteiger charge is -2.26. The van der Waals surface area contributed by atoms with Crippen molar-refractivity contribution in [1.82, 2.24) is 4.90 Å². The molecule has 0 aromatic carbocycles. The van der Waals surface area contributed by atoms with E-state index in [1.54, 1.807) is 11.4 Å². The van der Waals surface area contributed by atoms with E-state index >= 15 is 0 Å². The second-order valence-corrected chi connectivity index (χ2v) is 6.39. The first kappa shape index (κ1) is 13.7. The summed E-state index contributed by atoms with van der Waals surface area (Å²) in [4.78, 5) is 25.5. The van der Waals surface area contributed by atoms with Crippen LogP contribution in [0.25, 0.3) is 0 Å². The third-order valence-electron chi connectivity index (χ3n) is 2.77. The molecule has 2 atom stereocenters. The normalized spacial score (nSPS) is 23.3. The molecule has 1 aliphatic rings. The zero-order chi connectivity index (χ0) is 13.3. The lowest BCUT2D eigenvalue weighted by molar-refractivity contribution is -0.141. The van der Waals surface area contributed by atoms with Gasteiger partial charge in [-0.2, -0.15) is 0 Å². The molecular formula is C11H12ClNO3S2. The Balaban J connectivity index is 2.30. The van der Waals surface area contributed by atoms with Crippen LogP contribution in [0.1, 0.15) is 23.0 Å². The molecule has 1 saturated heterocycles. The molecule has 1 aromatic rings. The fourth-order valence-electron chi connectivity index (χ4n) is 1.90. The Bertz CT molecular complexity index is 477. The average molecular weight is 306 g/mol. The van der Waals surface area contributed by atoms with Gasteiger partial charge in [-0.3, -0.25) is 4.79 Å². The van der Waals surface area contributed by atoms with Crippen molar-refractivity contribution >= 4 is 46.6 Å². The van der Waals surface area contributed by atoms with Gasteiger partial charge in [0, 0.05) is 5.75 Å². The van der Waals surface area contributed by atoms with E-state index < -0.39 is 12.0 Å². The van der Waals surface area contributed by atoms with Crippen LogP contribution in [0, 0.1) is 0 Å². The number of amides is 1. The van der Waals surface area contributed by atoms with Gasteiger partial charge in [0.05, 0.1) is 10.4 Å². The number of hydrogen-bond acceptors (Lipinski definition) is 4. The highest BCUT2D eigenvalue weighted by atomic mass is 35.5. The predicted octanol–water partition coefficient (Wildman–Crippen LogP) is 2.78. The largest absolute Gasteiger partial charge is 0.480 e. The number of carbonyl (C=O) groups excluding carboxylic acids is 1. The summed E-state index contributed by atoms with van der Waals surface area (Å²) in [7, 11) is 0. The van der Waals surface area contributed by atoms with Crippen LogP contribution in [0.2, 0.25) is 5.02 Å². The lowest BCUT2D eigenvalue weighted by atomic mass is 10.2. The number of thioether (sulfide) groups is 1. The molecule has 1 aliphatic heterocycles. The summed E-state index contributed by atoms with van der Waals surface area (Å²) in [6.45, 7) is 1.94. The number of carboxylic acid groups (broad SMARTS) is 1. The van der Waals surface area contributed by atoms with E-state index in [1.165, 1.54) is 28.0 Å². The van der Waals surface area contributed by atoms with Gasteiger partial charge < -0.3 is 10.0 Å². The molecule has 1 amide bonds. The minimum Gasteiger partial charge on any atom is -0.480 e. The zero-order valence-electron chi connectivity index (χ0n) is 9.63. The molecule has 0 radical (unpaired) electrons. The van der Waals surface area contributed by atoms with E-state index in [1.807, 2.05) is 6.92 Å². The molecule has 0 bridgehead atoms. The molecule has 2 unspecified atom stereocenters. The maximum absolute atomic E-state index is 12.4. The Morgan fingerprint density at radius 3 is 2.83 bits per heavy atom. The third kappa shape index (κ3) is 2.37. The molecular weight excluding hydrogens is 294 g/mol. The van der Waals surface area contributed by atoms with E-state index in [0.29, 0.717) is 15.7 Å². The maximum atomic E-state index is 12.4. The number of thiophene rings is 1. The summed E-state index contributed by atoms with van der Waals surface area (Å²) >= 11 is 8.69. The van der Waals surface area contributed by atoms with E-state index in [4.69, 9.17) is 11.6 Å². The Morgan fingerprint density at radius 1 is 1.61 bits per heavy atom. The van der Waals surface area contributed by atoms with Crippen molar-refractivity contribution in [2.45, 2.75) is 24.8 Å². The number of hydrogen-bond donors (Lipinski definition) is 1. The Morgan fingerprint density at radius 2 is 2.33 bits per heavy atom. The molecule has 2 rings (SSSR count). The van der Waals surface area contributed by atoms with E-state index in [9.17, 15) is 14.7 Å². The first-order valence-electron chi connectivity index (χ1n) is 5.46. The van der Waals surface area contributed by atoms with Crippen LogP contribution < -0.4 is 0 Å². The highest BCUT2D eigenvalue weighted by Gasteiger charge is 2.41. The van der Waals surface area contributed by atoms with Crippen LogP contribution >= 0.6 is 34.7 Å². The molecule has 0 saturated carbocycles. The quantitative estimate of drug-likeness (QED) is 0.933. The van der Waals surface area contributed by atoms with Crippen LogP contribution in [0.4, 0.5) is 0 Å². The molecule has 1 fully saturated rings. The molecule has 2 heterocycles. The summed E-state index contributed by atoms with van der Waals surface area (Å²) in [6, 6.07) is 0.893. The standard InChI is InChI=1S/C11H12ClNO3S2/c1-2-8-13(7(5-18-8)11(15)16)10(14)9-6(12)3-4-17-9/h3-4,7-8H,2,5H2,1H3,(H,15,16). The van der Waals surface area contributed by atoms with Gasteiger partial charge in [-0.15, -0.1) is 23.1 Å². The van der Waals surface area contributed by atoms with Gasteiger partial charge in [-0.1, -0.05) is 18.5 Å². The zero-order valence-corrected chi connectivity index (χ0v) is 12.0. The van der Waals surface area contributed by atoms with Crippen LogP contribution in [-0.4, -0.2) is 39.1 Å². The summed E-state index contributed by atoms with van der Waals surface area (Å²) in [5.41, 5.74) is 0. The summed E-state index contributed by atoms with van der Waals surface area (Å²) in [5.74, 6) is -0.804. The molecule has 4 nitrogen and oxygen atoms in total. The smallest absolute Gasteiger partial charge is 0.327 e. The first-order chi connectivity index (χ1) is 8.56. The van der Waals surface area contributed by atoms with Crippen molar-refractivity contribution in [2.75, 3.05) is 5.75 Å². The second kappa shape index (κ2) is 5.50. The fraction of sp³-hybridized carbons (Fsp3) is 0.455. The first-order valence-corrected chi connectivity index (χ1v) is 7.77. The van der Waals surface area contributed by atoms with Crippen LogP contribution in [-0.2, 0) is 4.79 Å². The number of carboxylic acids is 1. The van der Waals surface area contributed by atoms with Gasteiger partial charge in [0.25, 0.3) is 5.91 Å². The van der Waals surface area contributed by atoms with Crippen LogP contribution in [0.3, 0.4) is 0 Å². The number of aliphatic carboxylic acids is 1. The topological polar surface area (TPSA) is 57.6 Å². The number of carbonyl (C=O) groups is 2. The van der Waals surface area contributed by atoms with Crippen molar-refractivity contribution in [3.05, 3.63) is 21.3 Å². The van der Waals surface area contributed by atoms with E-state index in [2.05, 4.69) is 0 Å². The second-order valence-electron chi connectivity index (χ2n) is 3.86. The minimum atomic E-state index is -0.959. The minimum absolute atomic E-state index is 0.0863. The fourth-order valence-corrected chi connectivity index (χ4v) is 4.33. The van der Waals surface area contributed by atoms with Gasteiger partial charge in [0.1, 0.15) is 10.9 Å². The van der Waals surface area contributed by atoms with Gasteiger partial charge in [0.15, 0.2) is 0 Å². The van der Waals surface area contributed by atoms with Crippen LogP contribution in [0.15, 0.2) is 11.4 Å². The van der Waals surface area contributed by atoms with Gasteiger partial charge >= 0.3 is 5.97 Å². The van der Waals surface area contributed by atoms with Crippen LogP contribution in [0.5, 0.6) is 0 Å². The highest BCUT2D eigenvalue weighted by molar-refractivity contribution is 8.00. The molecule has 1 N–H and O–H groups in total. The third-order valence-corrected chi connectivity index (χ3v) is 5.56. The SMILES string of the molecule is CCC1SCC(C(=O)O)N1C(=O)c1sccc1Cl. The monoisotopic (exact) mass is 305 g/mol. The summed E-state index contributed by atoms with van der Waals surface area (Å²) < 4.78 is 0. The molecule has 98 valence electrons. The maximum Gasteiger partial charge on any atom is 0.327 e. The van der Waals surface area contributed by atoms with Crippen molar-refractivity contribution in [3.8, 4) is 0 Å². The number of rotatable bonds is 3. The van der Waals surface area contributed by atoms with Crippen molar-refractivity contribution < 1.29 is 14.7 Å². The lowest BCUT2D eigenvalue weighted by Crippen LogP contribution is -2.45. The molecule has 18 heavy (non-hydrogen) atoms. The van der Waals surface area contributed by atoms with E-state index in [-0.39, 0.29) is 11.3 Å². The average Bonchev–Trinajstić information content (AvgIpc) is 2.93. The van der Waals surface area contributed by atoms with Gasteiger partial charge in [-0.25, -0.2) is 4.79 Å². The van der Waals surface area contributed by atoms with Crippen molar-refractivity contribution in [1.29, 1.82) is 0 Å². The van der Waals surface area contributed by atoms with Crippen molar-refractivity contribution in [2.24, 2.45) is 0 Å². The highest BCUT2D eigenvalue weighted by Crippen LogP contribution is 2.35. The Labute approximate surface area is 118 Å². The summed E-state index contributed by atoms with van der Waals surface area (Å²) in [6.07, 6.45) is 0.725. The van der Waals surface area contributed by atoms with Gasteiger partial charge in [0.2, 0.25) is 0 Å². The van der Waals surface area contributed by atoms with Gasteiger partial charge in [-0.05, 0) is 17.9 Å². The summed E-state index contributed by atoms with van der Waals surface area (Å²) in [5, 5.41) is 11.2. The van der Waals surface area contributed by atoms with E-state index in [0.717, 1.165) is 6.42 Å². The number of halogens is 1. The Hall–Kier alpha value is -0.720. The molecule has 7 heteroatoms. The predicted molar refractivity (Wildman–Crippen MR) is 73.5 cm³/mol. The Kier molecular flexibility index (Phi) is 4.19. The molecule has 0 spiro atoms. The molecule has 1 aromatic heterocycles. The number of nitrogens with zero attached hydrogens (tertiary/aromatic N) is 1. The van der Waals surface area contributed by atoms with Crippen molar-refractivity contribution in [3.63, 3.8) is 0 Å².